The Morgan fingerprint density at radius 3 is 2.78 bits per heavy atom. The van der Waals surface area contributed by atoms with Crippen molar-refractivity contribution in [3.05, 3.63) is 0 Å². The first-order valence-corrected chi connectivity index (χ1v) is 3.53. The Balaban J connectivity index is 2.48. The summed E-state index contributed by atoms with van der Waals surface area (Å²) >= 11 is 2.81. The zero-order chi connectivity index (χ0) is 6.85. The molecule has 0 saturated carbocycles. The molecule has 0 aromatic rings. The van der Waals surface area contributed by atoms with Crippen LogP contribution >= 0.6 is 0 Å². The molecule has 0 aromatic heterocycles. The number of hydrogen-bond acceptors (Lipinski definition) is 2. The first kappa shape index (κ1) is 6.93. The van der Waals surface area contributed by atoms with Crippen molar-refractivity contribution in [1.82, 2.24) is 5.32 Å². The Morgan fingerprint density at radius 2 is 2.56 bits per heavy atom. The van der Waals surface area contributed by atoms with E-state index in [1.54, 1.807) is 0 Å². The third kappa shape index (κ3) is 1.61. The second-order valence-electron chi connectivity index (χ2n) is 2.01. The van der Waals surface area contributed by atoms with Gasteiger partial charge in [-0.15, -0.1) is 0 Å². The molecule has 1 fully saturated rings. The van der Waals surface area contributed by atoms with E-state index in [1.165, 1.54) is 0 Å². The molecular weight excluding hydrogens is 185 g/mol. The van der Waals surface area contributed by atoms with Gasteiger partial charge >= 0.3 is 60.2 Å². The van der Waals surface area contributed by atoms with Crippen LogP contribution in [0.25, 0.3) is 0 Å². The van der Waals surface area contributed by atoms with Crippen LogP contribution < -0.4 is 5.32 Å². The van der Waals surface area contributed by atoms with Crippen LogP contribution in [0.3, 0.4) is 0 Å². The number of hydrogen-bond donors (Lipinski definition) is 2. The van der Waals surface area contributed by atoms with E-state index in [1.807, 2.05) is 0 Å². The van der Waals surface area contributed by atoms with E-state index in [-0.39, 0.29) is 6.04 Å². The van der Waals surface area contributed by atoms with Gasteiger partial charge in [0.15, 0.2) is 0 Å². The van der Waals surface area contributed by atoms with Gasteiger partial charge in [-0.1, -0.05) is 0 Å². The molecule has 9 heavy (non-hydrogen) atoms. The first-order chi connectivity index (χ1) is 4.20. The molecule has 50 valence electrons. The van der Waals surface area contributed by atoms with Crippen molar-refractivity contribution in [3.63, 3.8) is 0 Å². The van der Waals surface area contributed by atoms with Crippen LogP contribution in [0.5, 0.6) is 0 Å². The molecule has 0 spiro atoms. The van der Waals surface area contributed by atoms with Gasteiger partial charge < -0.3 is 0 Å². The molecular formula is C5H7NO2Se. The third-order valence-electron chi connectivity index (χ3n) is 1.28. The fraction of sp³-hybridized carbons (Fsp3) is 0.600. The van der Waals surface area contributed by atoms with E-state index in [0.29, 0.717) is 13.0 Å². The predicted octanol–water partition coefficient (Wildman–Crippen LogP) is -1.23. The standard InChI is InChI=1S/C5H7NO2Se/c7-5(8)4-1-3(9)2-6-4/h4,6H,1-2H2,(H,7,8)/t4-/m0/s1. The summed E-state index contributed by atoms with van der Waals surface area (Å²) in [5.41, 5.74) is 0. The van der Waals surface area contributed by atoms with Gasteiger partial charge in [0, 0.05) is 0 Å². The summed E-state index contributed by atoms with van der Waals surface area (Å²) in [4.78, 5) is 10.3. The van der Waals surface area contributed by atoms with E-state index in [9.17, 15) is 4.79 Å². The molecule has 0 unspecified atom stereocenters. The molecule has 1 heterocycles. The van der Waals surface area contributed by atoms with Crippen LogP contribution in [0.4, 0.5) is 0 Å². The van der Waals surface area contributed by atoms with Crippen molar-refractivity contribution in [2.45, 2.75) is 12.5 Å². The second kappa shape index (κ2) is 2.60. The number of carbonyl (C=O) groups is 1. The molecule has 1 aliphatic heterocycles. The monoisotopic (exact) mass is 193 g/mol. The molecule has 2 N–H and O–H groups in total. The summed E-state index contributed by atoms with van der Waals surface area (Å²) in [6.07, 6.45) is 0.634. The van der Waals surface area contributed by atoms with E-state index in [0.717, 1.165) is 4.42 Å². The van der Waals surface area contributed by atoms with Gasteiger partial charge in [-0.05, 0) is 0 Å². The van der Waals surface area contributed by atoms with Gasteiger partial charge in [0.1, 0.15) is 0 Å². The molecule has 4 heteroatoms. The second-order valence-corrected chi connectivity index (χ2v) is 3.23. The first-order valence-electron chi connectivity index (χ1n) is 2.68. The predicted molar refractivity (Wildman–Crippen MR) is 34.8 cm³/mol. The molecule has 0 aromatic carbocycles. The van der Waals surface area contributed by atoms with Crippen LogP contribution in [-0.2, 0) is 4.79 Å². The molecule has 0 radical (unpaired) electrons. The molecule has 0 aliphatic carbocycles. The minimum absolute atomic E-state index is 0.360. The molecule has 1 atom stereocenters. The fourth-order valence-corrected chi connectivity index (χ4v) is 1.31. The van der Waals surface area contributed by atoms with E-state index in [4.69, 9.17) is 5.11 Å². The van der Waals surface area contributed by atoms with Gasteiger partial charge in [0.05, 0.1) is 0 Å². The summed E-state index contributed by atoms with van der Waals surface area (Å²) < 4.78 is 1.10. The summed E-state index contributed by atoms with van der Waals surface area (Å²) in [6, 6.07) is -0.360. The minimum atomic E-state index is -0.764. The number of aliphatic carboxylic acids is 1. The van der Waals surface area contributed by atoms with Crippen LogP contribution in [-0.4, -0.2) is 43.7 Å². The van der Waals surface area contributed by atoms with Crippen molar-refractivity contribution >= 4 is 26.0 Å². The summed E-state index contributed by atoms with van der Waals surface area (Å²) in [7, 11) is 0. The quantitative estimate of drug-likeness (QED) is 0.511. The Bertz CT molecular complexity index is 157. The van der Waals surface area contributed by atoms with Crippen LogP contribution in [0.1, 0.15) is 6.42 Å². The molecule has 1 rings (SSSR count). The van der Waals surface area contributed by atoms with Crippen molar-refractivity contribution < 1.29 is 9.90 Å². The van der Waals surface area contributed by atoms with Crippen molar-refractivity contribution in [1.29, 1.82) is 0 Å². The number of nitrogens with one attached hydrogen (secondary N) is 1. The zero-order valence-corrected chi connectivity index (χ0v) is 6.47. The van der Waals surface area contributed by atoms with E-state index >= 15 is 0 Å². The topological polar surface area (TPSA) is 49.3 Å². The summed E-state index contributed by atoms with van der Waals surface area (Å²) in [5, 5.41) is 11.3. The molecule has 1 aliphatic rings. The Labute approximate surface area is 60.8 Å². The molecule has 1 saturated heterocycles. The van der Waals surface area contributed by atoms with E-state index < -0.39 is 5.97 Å². The maximum absolute atomic E-state index is 10.3. The zero-order valence-electron chi connectivity index (χ0n) is 4.76. The maximum atomic E-state index is 10.3. The molecule has 3 nitrogen and oxygen atoms in total. The average molecular weight is 192 g/mol. The SMILES string of the molecule is O=C(O)[C@@H]1CC(=[Se])CN1. The van der Waals surface area contributed by atoms with Crippen molar-refractivity contribution in [3.8, 4) is 0 Å². The van der Waals surface area contributed by atoms with Gasteiger partial charge in [-0.2, -0.15) is 0 Å². The van der Waals surface area contributed by atoms with Crippen molar-refractivity contribution in [2.24, 2.45) is 0 Å². The van der Waals surface area contributed by atoms with Gasteiger partial charge in [0.25, 0.3) is 0 Å². The Morgan fingerprint density at radius 1 is 1.89 bits per heavy atom. The van der Waals surface area contributed by atoms with Crippen LogP contribution in [0, 0.1) is 0 Å². The van der Waals surface area contributed by atoms with E-state index in [2.05, 4.69) is 20.9 Å². The fourth-order valence-electron chi connectivity index (χ4n) is 0.784. The summed E-state index contributed by atoms with van der Waals surface area (Å²) in [5.74, 6) is -0.764. The molecule has 0 bridgehead atoms. The number of carboxylic acid groups (broad SMARTS) is 1. The van der Waals surface area contributed by atoms with Gasteiger partial charge in [0.2, 0.25) is 0 Å². The normalized spacial score (nSPS) is 26.7. The number of carboxylic acids is 1. The average Bonchev–Trinajstić information content (AvgIpc) is 2.14. The third-order valence-corrected chi connectivity index (χ3v) is 1.93. The Hall–Kier alpha value is -0.181. The molecule has 0 amide bonds. The number of rotatable bonds is 1. The Kier molecular flexibility index (Phi) is 2.01. The van der Waals surface area contributed by atoms with Crippen LogP contribution in [0.15, 0.2) is 0 Å². The van der Waals surface area contributed by atoms with Gasteiger partial charge in [-0.25, -0.2) is 0 Å². The van der Waals surface area contributed by atoms with Gasteiger partial charge in [-0.3, -0.25) is 0 Å². The van der Waals surface area contributed by atoms with Crippen LogP contribution in [0.2, 0.25) is 0 Å². The summed E-state index contributed by atoms with van der Waals surface area (Å²) in [6.45, 7) is 0.705. The van der Waals surface area contributed by atoms with Crippen molar-refractivity contribution in [2.75, 3.05) is 6.54 Å².